The van der Waals surface area contributed by atoms with Gasteiger partial charge in [0.25, 0.3) is 0 Å². The van der Waals surface area contributed by atoms with Gasteiger partial charge < -0.3 is 0 Å². The summed E-state index contributed by atoms with van der Waals surface area (Å²) >= 11 is 0. The molecule has 0 aromatic rings. The van der Waals surface area contributed by atoms with E-state index in [4.69, 9.17) is 0 Å². The summed E-state index contributed by atoms with van der Waals surface area (Å²) in [5.41, 5.74) is 0. The lowest BCUT2D eigenvalue weighted by molar-refractivity contribution is 0.372. The van der Waals surface area contributed by atoms with Crippen molar-refractivity contribution in [3.8, 4) is 0 Å². The second-order valence-corrected chi connectivity index (χ2v) is 8.38. The van der Waals surface area contributed by atoms with Crippen LogP contribution in [0.25, 0.3) is 0 Å². The Morgan fingerprint density at radius 3 is 1.41 bits per heavy atom. The van der Waals surface area contributed by atoms with Crippen LogP contribution >= 0.6 is 0 Å². The molecule has 0 aliphatic rings. The van der Waals surface area contributed by atoms with Crippen molar-refractivity contribution in [1.29, 1.82) is 0 Å². The predicted molar refractivity (Wildman–Crippen MR) is 103 cm³/mol. The Hall–Kier alpha value is 0. The molecule has 0 bridgehead atoms. The zero-order valence-electron chi connectivity index (χ0n) is 16.6. The molecule has 0 heteroatoms. The summed E-state index contributed by atoms with van der Waals surface area (Å²) in [4.78, 5) is 0. The van der Waals surface area contributed by atoms with Crippen LogP contribution in [0.1, 0.15) is 125 Å². The van der Waals surface area contributed by atoms with Crippen LogP contribution in [0, 0.1) is 17.8 Å². The van der Waals surface area contributed by atoms with Crippen molar-refractivity contribution in [3.05, 3.63) is 0 Å². The lowest BCUT2D eigenvalue weighted by Gasteiger charge is -2.16. The molecule has 0 aliphatic carbocycles. The minimum absolute atomic E-state index is 0.882. The molecule has 0 rings (SSSR count). The molecule has 0 nitrogen and oxygen atoms in total. The monoisotopic (exact) mass is 310 g/mol. The molecule has 0 aliphatic heterocycles. The summed E-state index contributed by atoms with van der Waals surface area (Å²) in [6.07, 6.45) is 20.3. The molecule has 134 valence electrons. The lowest BCUT2D eigenvalue weighted by Crippen LogP contribution is -2.01. The fraction of sp³-hybridized carbons (Fsp3) is 1.00. The van der Waals surface area contributed by atoms with Crippen LogP contribution in [0.4, 0.5) is 0 Å². The van der Waals surface area contributed by atoms with E-state index in [-0.39, 0.29) is 0 Å². The molecule has 0 saturated carbocycles. The van der Waals surface area contributed by atoms with Gasteiger partial charge in [0.2, 0.25) is 0 Å². The van der Waals surface area contributed by atoms with Crippen molar-refractivity contribution in [2.45, 2.75) is 125 Å². The average Bonchev–Trinajstić information content (AvgIpc) is 2.47. The van der Waals surface area contributed by atoms with Crippen LogP contribution in [-0.4, -0.2) is 0 Å². The Kier molecular flexibility index (Phi) is 15.9. The zero-order chi connectivity index (χ0) is 16.6. The second kappa shape index (κ2) is 15.9. The second-order valence-electron chi connectivity index (χ2n) is 8.38. The molecule has 0 spiro atoms. The van der Waals surface area contributed by atoms with Gasteiger partial charge in [-0.05, 0) is 17.8 Å². The van der Waals surface area contributed by atoms with Crippen molar-refractivity contribution in [3.63, 3.8) is 0 Å². The van der Waals surface area contributed by atoms with Crippen LogP contribution < -0.4 is 0 Å². The van der Waals surface area contributed by atoms with Crippen LogP contribution in [-0.2, 0) is 0 Å². The van der Waals surface area contributed by atoms with Crippen molar-refractivity contribution < 1.29 is 0 Å². The quantitative estimate of drug-likeness (QED) is 0.251. The first kappa shape index (κ1) is 22.0. The number of unbranched alkanes of at least 4 members (excludes halogenated alkanes) is 7. The minimum Gasteiger partial charge on any atom is -0.0654 e. The van der Waals surface area contributed by atoms with E-state index in [0.717, 1.165) is 17.8 Å². The molecule has 0 fully saturated rings. The Morgan fingerprint density at radius 1 is 0.455 bits per heavy atom. The highest BCUT2D eigenvalue weighted by molar-refractivity contribution is 4.60. The molecular formula is C22H46. The molecular weight excluding hydrogens is 264 g/mol. The van der Waals surface area contributed by atoms with E-state index in [1.165, 1.54) is 89.9 Å². The van der Waals surface area contributed by atoms with Gasteiger partial charge in [-0.3, -0.25) is 0 Å². The predicted octanol–water partition coefficient (Wildman–Crippen LogP) is 8.40. The maximum Gasteiger partial charge on any atom is -0.0443 e. The molecule has 0 aromatic heterocycles. The molecule has 0 saturated heterocycles. The molecule has 0 amide bonds. The maximum absolute atomic E-state index is 2.47. The Labute approximate surface area is 142 Å². The van der Waals surface area contributed by atoms with Crippen molar-refractivity contribution >= 4 is 0 Å². The summed E-state index contributed by atoms with van der Waals surface area (Å²) in [5.74, 6) is 2.78. The SMILES string of the molecule is CCCCCCCCCCC(C)CCC(C)CCCC(C)C. The van der Waals surface area contributed by atoms with Gasteiger partial charge in [0, 0.05) is 0 Å². The van der Waals surface area contributed by atoms with E-state index in [2.05, 4.69) is 34.6 Å². The highest BCUT2D eigenvalue weighted by Crippen LogP contribution is 2.22. The molecule has 0 radical (unpaired) electrons. The van der Waals surface area contributed by atoms with Gasteiger partial charge in [-0.15, -0.1) is 0 Å². The molecule has 2 atom stereocenters. The number of hydrogen-bond acceptors (Lipinski definition) is 0. The van der Waals surface area contributed by atoms with E-state index in [9.17, 15) is 0 Å². The van der Waals surface area contributed by atoms with Gasteiger partial charge in [-0.25, -0.2) is 0 Å². The van der Waals surface area contributed by atoms with Crippen molar-refractivity contribution in [1.82, 2.24) is 0 Å². The van der Waals surface area contributed by atoms with E-state index >= 15 is 0 Å². The summed E-state index contributed by atoms with van der Waals surface area (Å²) in [7, 11) is 0. The van der Waals surface area contributed by atoms with Crippen LogP contribution in [0.2, 0.25) is 0 Å². The molecule has 0 aromatic carbocycles. The topological polar surface area (TPSA) is 0 Å². The zero-order valence-corrected chi connectivity index (χ0v) is 16.6. The molecule has 22 heavy (non-hydrogen) atoms. The number of hydrogen-bond donors (Lipinski definition) is 0. The minimum atomic E-state index is 0.882. The first-order valence-electron chi connectivity index (χ1n) is 10.6. The third-order valence-corrected chi connectivity index (χ3v) is 5.18. The van der Waals surface area contributed by atoms with Gasteiger partial charge >= 0.3 is 0 Å². The summed E-state index contributed by atoms with van der Waals surface area (Å²) in [6, 6.07) is 0. The summed E-state index contributed by atoms with van der Waals surface area (Å²) in [6.45, 7) is 11.9. The van der Waals surface area contributed by atoms with E-state index in [1.54, 1.807) is 0 Å². The molecule has 2 unspecified atom stereocenters. The largest absolute Gasteiger partial charge is 0.0654 e. The molecule has 0 heterocycles. The summed E-state index contributed by atoms with van der Waals surface area (Å²) in [5, 5.41) is 0. The first-order valence-corrected chi connectivity index (χ1v) is 10.6. The van der Waals surface area contributed by atoms with Crippen molar-refractivity contribution in [2.75, 3.05) is 0 Å². The Bertz CT molecular complexity index is 206. The van der Waals surface area contributed by atoms with Crippen molar-refractivity contribution in [2.24, 2.45) is 17.8 Å². The smallest absolute Gasteiger partial charge is 0.0443 e. The van der Waals surface area contributed by atoms with Gasteiger partial charge in [-0.1, -0.05) is 125 Å². The van der Waals surface area contributed by atoms with E-state index in [0.29, 0.717) is 0 Å². The van der Waals surface area contributed by atoms with E-state index in [1.807, 2.05) is 0 Å². The summed E-state index contributed by atoms with van der Waals surface area (Å²) < 4.78 is 0. The van der Waals surface area contributed by atoms with E-state index < -0.39 is 0 Å². The third kappa shape index (κ3) is 16.4. The first-order chi connectivity index (χ1) is 10.6. The average molecular weight is 311 g/mol. The maximum atomic E-state index is 2.47. The van der Waals surface area contributed by atoms with Crippen LogP contribution in [0.15, 0.2) is 0 Å². The lowest BCUT2D eigenvalue weighted by atomic mass is 9.90. The number of rotatable bonds is 16. The normalized spacial score (nSPS) is 14.5. The highest BCUT2D eigenvalue weighted by atomic mass is 14.1. The Balaban J connectivity index is 3.33. The Morgan fingerprint density at radius 2 is 0.909 bits per heavy atom. The van der Waals surface area contributed by atoms with Gasteiger partial charge in [0.05, 0.1) is 0 Å². The van der Waals surface area contributed by atoms with Gasteiger partial charge in [0.15, 0.2) is 0 Å². The van der Waals surface area contributed by atoms with Gasteiger partial charge in [-0.2, -0.15) is 0 Å². The van der Waals surface area contributed by atoms with Crippen LogP contribution in [0.3, 0.4) is 0 Å². The standard InChI is InChI=1S/C22H46/c1-6-7-8-9-10-11-12-13-16-21(4)18-19-22(5)17-14-15-20(2)3/h20-22H,6-19H2,1-5H3. The molecule has 0 N–H and O–H groups in total. The fourth-order valence-corrected chi connectivity index (χ4v) is 3.36. The fourth-order valence-electron chi connectivity index (χ4n) is 3.36. The van der Waals surface area contributed by atoms with Crippen LogP contribution in [0.5, 0.6) is 0 Å². The third-order valence-electron chi connectivity index (χ3n) is 5.18. The van der Waals surface area contributed by atoms with Gasteiger partial charge in [0.1, 0.15) is 0 Å². The highest BCUT2D eigenvalue weighted by Gasteiger charge is 2.07.